The van der Waals surface area contributed by atoms with Crippen LogP contribution in [0.5, 0.6) is 5.88 Å². The van der Waals surface area contributed by atoms with Crippen molar-refractivity contribution in [2.24, 2.45) is 0 Å². The first-order valence-electron chi connectivity index (χ1n) is 9.72. The Labute approximate surface area is 173 Å². The van der Waals surface area contributed by atoms with E-state index in [0.717, 1.165) is 24.2 Å². The summed E-state index contributed by atoms with van der Waals surface area (Å²) in [4.78, 5) is 19.1. The van der Waals surface area contributed by atoms with Crippen LogP contribution in [-0.2, 0) is 4.79 Å². The summed E-state index contributed by atoms with van der Waals surface area (Å²) < 4.78 is 11.9. The number of anilines is 1. The summed E-state index contributed by atoms with van der Waals surface area (Å²) in [6, 6.07) is 11.1. The van der Waals surface area contributed by atoms with Gasteiger partial charge >= 0.3 is 0 Å². The molecule has 0 saturated carbocycles. The van der Waals surface area contributed by atoms with Gasteiger partial charge in [-0.05, 0) is 24.6 Å². The van der Waals surface area contributed by atoms with Gasteiger partial charge < -0.3 is 9.15 Å². The van der Waals surface area contributed by atoms with E-state index in [1.165, 1.54) is 0 Å². The maximum absolute atomic E-state index is 12.9. The molecular formula is C21H22N4O3S. The first-order valence-corrected chi connectivity index (χ1v) is 10.7. The molecule has 3 heterocycles. The van der Waals surface area contributed by atoms with Crippen molar-refractivity contribution in [3.8, 4) is 17.1 Å². The number of ether oxygens (including phenoxy) is 1. The molecule has 29 heavy (non-hydrogen) atoms. The van der Waals surface area contributed by atoms with Gasteiger partial charge in [-0.15, -0.1) is 10.2 Å². The number of carbonyl (C=O) groups is 1. The van der Waals surface area contributed by atoms with Crippen molar-refractivity contribution in [2.45, 2.75) is 44.5 Å². The van der Waals surface area contributed by atoms with Gasteiger partial charge in [0.05, 0.1) is 12.0 Å². The molecule has 4 rings (SSSR count). The summed E-state index contributed by atoms with van der Waals surface area (Å²) >= 11 is 1.55. The highest BCUT2D eigenvalue weighted by Crippen LogP contribution is 2.43. The topological polar surface area (TPSA) is 81.3 Å². The van der Waals surface area contributed by atoms with Gasteiger partial charge in [-0.3, -0.25) is 9.69 Å². The molecule has 0 N–H and O–H groups in total. The number of fused-ring (bicyclic) bond motifs is 3. The Bertz CT molecular complexity index is 993. The molecule has 7 nitrogen and oxygen atoms in total. The van der Waals surface area contributed by atoms with Crippen LogP contribution in [0, 0.1) is 0 Å². The molecule has 0 bridgehead atoms. The van der Waals surface area contributed by atoms with E-state index in [9.17, 15) is 4.79 Å². The first-order chi connectivity index (χ1) is 14.2. The number of unbranched alkanes of at least 4 members (excludes halogenated alkanes) is 1. The number of nitrogens with zero attached hydrogens (tertiary/aromatic N) is 4. The van der Waals surface area contributed by atoms with Crippen LogP contribution in [0.1, 0.15) is 45.1 Å². The standard InChI is InChI=1S/C21H22N4O3S/c1-3-5-13-29-21-22-19-18(23-24-21)14-9-6-7-10-15(14)25(17(26)4-2)20(28-19)16-11-8-12-27-16/h6-12,20H,3-5,13H2,1-2H3/t20-/m0/s1. The molecule has 0 fully saturated rings. The Hall–Kier alpha value is -2.87. The van der Waals surface area contributed by atoms with Crippen molar-refractivity contribution in [3.63, 3.8) is 0 Å². The zero-order valence-corrected chi connectivity index (χ0v) is 17.2. The quantitative estimate of drug-likeness (QED) is 0.424. The zero-order chi connectivity index (χ0) is 20.2. The molecule has 150 valence electrons. The summed E-state index contributed by atoms with van der Waals surface area (Å²) in [5, 5.41) is 9.24. The second kappa shape index (κ2) is 8.65. The maximum Gasteiger partial charge on any atom is 0.247 e. The number of furan rings is 1. The molecule has 1 aliphatic rings. The fourth-order valence-electron chi connectivity index (χ4n) is 3.14. The van der Waals surface area contributed by atoms with Crippen molar-refractivity contribution < 1.29 is 13.9 Å². The minimum absolute atomic E-state index is 0.0860. The fourth-order valence-corrected chi connectivity index (χ4v) is 4.00. The second-order valence-corrected chi connectivity index (χ2v) is 7.63. The monoisotopic (exact) mass is 410 g/mol. The lowest BCUT2D eigenvalue weighted by Crippen LogP contribution is -2.37. The molecule has 0 spiro atoms. The van der Waals surface area contributed by atoms with E-state index in [2.05, 4.69) is 22.1 Å². The van der Waals surface area contributed by atoms with Crippen LogP contribution < -0.4 is 9.64 Å². The molecule has 3 aromatic rings. The molecule has 1 atom stereocenters. The Morgan fingerprint density at radius 3 is 2.79 bits per heavy atom. The number of rotatable bonds is 6. The second-order valence-electron chi connectivity index (χ2n) is 6.57. The third-order valence-electron chi connectivity index (χ3n) is 4.60. The SMILES string of the molecule is CCCCSc1nnc2c(n1)O[C@@H](c1ccco1)N(C(=O)CC)c1ccccc1-2. The predicted octanol–water partition coefficient (Wildman–Crippen LogP) is 4.86. The van der Waals surface area contributed by atoms with Gasteiger partial charge in [-0.1, -0.05) is 50.2 Å². The highest BCUT2D eigenvalue weighted by Gasteiger charge is 2.36. The summed E-state index contributed by atoms with van der Waals surface area (Å²) in [5.74, 6) is 1.69. The highest BCUT2D eigenvalue weighted by molar-refractivity contribution is 7.99. The lowest BCUT2D eigenvalue weighted by Gasteiger charge is -2.28. The van der Waals surface area contributed by atoms with Crippen molar-refractivity contribution in [2.75, 3.05) is 10.7 Å². The minimum Gasteiger partial charge on any atom is -0.463 e. The van der Waals surface area contributed by atoms with Crippen molar-refractivity contribution >= 4 is 23.4 Å². The normalized spacial score (nSPS) is 15.2. The summed E-state index contributed by atoms with van der Waals surface area (Å²) in [6.45, 7) is 3.97. The van der Waals surface area contributed by atoms with Gasteiger partial charge in [0.1, 0.15) is 0 Å². The zero-order valence-electron chi connectivity index (χ0n) is 16.4. The molecule has 0 saturated heterocycles. The average Bonchev–Trinajstić information content (AvgIpc) is 3.24. The van der Waals surface area contributed by atoms with E-state index >= 15 is 0 Å². The summed E-state index contributed by atoms with van der Waals surface area (Å²) in [6.07, 6.45) is 3.29. The predicted molar refractivity (Wildman–Crippen MR) is 111 cm³/mol. The molecule has 2 aromatic heterocycles. The number of aromatic nitrogens is 3. The molecular weight excluding hydrogens is 388 g/mol. The van der Waals surface area contributed by atoms with E-state index in [4.69, 9.17) is 9.15 Å². The van der Waals surface area contributed by atoms with Crippen molar-refractivity contribution in [3.05, 3.63) is 48.4 Å². The number of hydrogen-bond donors (Lipinski definition) is 0. The van der Waals surface area contributed by atoms with E-state index < -0.39 is 6.23 Å². The van der Waals surface area contributed by atoms with Gasteiger partial charge in [0, 0.05) is 17.7 Å². The summed E-state index contributed by atoms with van der Waals surface area (Å²) in [7, 11) is 0. The van der Waals surface area contributed by atoms with Crippen LogP contribution in [-0.4, -0.2) is 26.8 Å². The molecule has 1 aromatic carbocycles. The van der Waals surface area contributed by atoms with Gasteiger partial charge in [0.25, 0.3) is 0 Å². The Balaban J connectivity index is 1.84. The third-order valence-corrected chi connectivity index (χ3v) is 5.52. The number of para-hydroxylation sites is 1. The Kier molecular flexibility index (Phi) is 5.80. The third kappa shape index (κ3) is 3.85. The number of benzene rings is 1. The molecule has 1 amide bonds. The fraction of sp³-hybridized carbons (Fsp3) is 0.333. The van der Waals surface area contributed by atoms with Crippen LogP contribution in [0.4, 0.5) is 5.69 Å². The molecule has 0 radical (unpaired) electrons. The van der Waals surface area contributed by atoms with E-state index in [1.54, 1.807) is 35.1 Å². The average molecular weight is 410 g/mol. The summed E-state index contributed by atoms with van der Waals surface area (Å²) in [5.41, 5.74) is 1.97. The van der Waals surface area contributed by atoms with Crippen molar-refractivity contribution in [1.82, 2.24) is 15.2 Å². The smallest absolute Gasteiger partial charge is 0.247 e. The van der Waals surface area contributed by atoms with E-state index in [0.29, 0.717) is 34.6 Å². The number of hydrogen-bond acceptors (Lipinski definition) is 7. The molecule has 0 aliphatic carbocycles. The van der Waals surface area contributed by atoms with Gasteiger partial charge in [0.2, 0.25) is 23.2 Å². The lowest BCUT2D eigenvalue weighted by atomic mass is 10.1. The van der Waals surface area contributed by atoms with Crippen LogP contribution in [0.2, 0.25) is 0 Å². The number of thioether (sulfide) groups is 1. The molecule has 8 heteroatoms. The van der Waals surface area contributed by atoms with Gasteiger partial charge in [-0.25, -0.2) is 0 Å². The van der Waals surface area contributed by atoms with Gasteiger partial charge in [-0.2, -0.15) is 4.98 Å². The van der Waals surface area contributed by atoms with E-state index in [1.807, 2.05) is 31.2 Å². The number of amides is 1. The molecule has 0 unspecified atom stereocenters. The highest BCUT2D eigenvalue weighted by atomic mass is 32.2. The first kappa shape index (κ1) is 19.4. The number of carbonyl (C=O) groups excluding carboxylic acids is 1. The Morgan fingerprint density at radius 2 is 2.03 bits per heavy atom. The van der Waals surface area contributed by atoms with Crippen molar-refractivity contribution in [1.29, 1.82) is 0 Å². The van der Waals surface area contributed by atoms with Gasteiger partial charge in [0.15, 0.2) is 11.5 Å². The van der Waals surface area contributed by atoms with Crippen LogP contribution in [0.25, 0.3) is 11.3 Å². The van der Waals surface area contributed by atoms with Crippen LogP contribution in [0.15, 0.2) is 52.2 Å². The van der Waals surface area contributed by atoms with E-state index in [-0.39, 0.29) is 5.91 Å². The van der Waals surface area contributed by atoms with Crippen LogP contribution >= 0.6 is 11.8 Å². The largest absolute Gasteiger partial charge is 0.463 e. The minimum atomic E-state index is -0.773. The lowest BCUT2D eigenvalue weighted by molar-refractivity contribution is -0.120. The maximum atomic E-state index is 12.9. The molecule has 1 aliphatic heterocycles. The van der Waals surface area contributed by atoms with Crippen LogP contribution in [0.3, 0.4) is 0 Å². The Morgan fingerprint density at radius 1 is 1.17 bits per heavy atom.